The summed E-state index contributed by atoms with van der Waals surface area (Å²) < 4.78 is 9.49. The van der Waals surface area contributed by atoms with Crippen LogP contribution >= 0.6 is 22.7 Å². The second-order valence-electron chi connectivity index (χ2n) is 13.5. The van der Waals surface area contributed by atoms with Gasteiger partial charge in [0.2, 0.25) is 11.8 Å². The summed E-state index contributed by atoms with van der Waals surface area (Å²) in [7, 11) is 2.56. The van der Waals surface area contributed by atoms with Crippen molar-refractivity contribution in [2.45, 2.75) is 77.5 Å². The van der Waals surface area contributed by atoms with E-state index in [1.807, 2.05) is 27.7 Å². The first-order valence-electron chi connectivity index (χ1n) is 17.3. The van der Waals surface area contributed by atoms with Gasteiger partial charge >= 0.3 is 12.2 Å². The standard InChI is InChI=1S/C34H44N10O6S2/c1-17(2)25(41-33(47)49-5)31(45)43-11-7-9-21(43)27-35-13-19(39-27)23-15-37-29(51-23)30-38-16-24(52-30)20-14-36-28(40-20)22-10-8-12-44(22)32(46)26(18(3)4)42-34(48)50-6/h13-18,21-22,25-26H,7-12H2,1-6H3,(H,35,39)(H,36,40)(H,41,47)(H,42,48)/t21-,22-,25-,26-/m1/s1. The molecular formula is C34H44N10O6S2. The van der Waals surface area contributed by atoms with Crippen LogP contribution in [0.25, 0.3) is 31.2 Å². The van der Waals surface area contributed by atoms with Crippen LogP contribution in [0, 0.1) is 11.8 Å². The number of imidazole rings is 2. The van der Waals surface area contributed by atoms with Crippen molar-refractivity contribution in [3.63, 3.8) is 0 Å². The van der Waals surface area contributed by atoms with Crippen molar-refractivity contribution in [3.8, 4) is 31.2 Å². The molecule has 6 rings (SSSR count). The summed E-state index contributed by atoms with van der Waals surface area (Å²) in [4.78, 5) is 81.6. The molecule has 4 N–H and O–H groups in total. The van der Waals surface area contributed by atoms with E-state index in [0.717, 1.165) is 56.8 Å². The first-order valence-corrected chi connectivity index (χ1v) is 18.9. The van der Waals surface area contributed by atoms with Crippen molar-refractivity contribution in [3.05, 3.63) is 36.4 Å². The van der Waals surface area contributed by atoms with Gasteiger partial charge in [-0.05, 0) is 37.5 Å². The van der Waals surface area contributed by atoms with Crippen LogP contribution in [0.3, 0.4) is 0 Å². The Kier molecular flexibility index (Phi) is 11.2. The smallest absolute Gasteiger partial charge is 0.407 e. The van der Waals surface area contributed by atoms with Crippen LogP contribution in [0.4, 0.5) is 9.59 Å². The topological polar surface area (TPSA) is 200 Å². The number of alkyl carbamates (subject to hydrolysis) is 2. The van der Waals surface area contributed by atoms with E-state index in [9.17, 15) is 19.2 Å². The van der Waals surface area contributed by atoms with Crippen LogP contribution in [-0.2, 0) is 19.1 Å². The highest BCUT2D eigenvalue weighted by molar-refractivity contribution is 7.24. The quantitative estimate of drug-likeness (QED) is 0.159. The number of likely N-dealkylation sites (tertiary alicyclic amines) is 2. The van der Waals surface area contributed by atoms with E-state index in [1.165, 1.54) is 36.9 Å². The predicted molar refractivity (Wildman–Crippen MR) is 194 cm³/mol. The molecule has 0 saturated carbocycles. The number of ether oxygens (including phenoxy) is 2. The maximum atomic E-state index is 13.5. The molecule has 18 heteroatoms. The van der Waals surface area contributed by atoms with Crippen molar-refractivity contribution >= 4 is 46.7 Å². The van der Waals surface area contributed by atoms with Crippen molar-refractivity contribution in [2.24, 2.45) is 11.8 Å². The van der Waals surface area contributed by atoms with E-state index < -0.39 is 24.3 Å². The van der Waals surface area contributed by atoms with Gasteiger partial charge in [-0.3, -0.25) is 9.59 Å². The molecule has 4 atom stereocenters. The number of methoxy groups -OCH3 is 2. The third-order valence-electron chi connectivity index (χ3n) is 9.40. The van der Waals surface area contributed by atoms with Crippen LogP contribution in [0.15, 0.2) is 24.8 Å². The number of hydrogen-bond acceptors (Lipinski definition) is 12. The van der Waals surface area contributed by atoms with Crippen molar-refractivity contribution < 1.29 is 28.7 Å². The van der Waals surface area contributed by atoms with Crippen LogP contribution < -0.4 is 10.6 Å². The Bertz CT molecular complexity index is 1760. The first-order chi connectivity index (χ1) is 25.0. The van der Waals surface area contributed by atoms with E-state index in [1.54, 1.807) is 34.6 Å². The first kappa shape index (κ1) is 36.9. The lowest BCUT2D eigenvalue weighted by Gasteiger charge is -2.30. The lowest BCUT2D eigenvalue weighted by molar-refractivity contribution is -0.136. The van der Waals surface area contributed by atoms with E-state index >= 15 is 0 Å². The van der Waals surface area contributed by atoms with E-state index in [4.69, 9.17) is 9.47 Å². The van der Waals surface area contributed by atoms with Crippen molar-refractivity contribution in [1.82, 2.24) is 50.3 Å². The summed E-state index contributed by atoms with van der Waals surface area (Å²) in [6.07, 6.45) is 8.97. The lowest BCUT2D eigenvalue weighted by Crippen LogP contribution is -2.51. The molecule has 6 heterocycles. The molecule has 2 saturated heterocycles. The van der Waals surface area contributed by atoms with Crippen molar-refractivity contribution in [1.29, 1.82) is 0 Å². The SMILES string of the molecule is COC(=O)N[C@@H](C(=O)N1CCC[C@@H]1c1ncc(-c2cnc(-c3ncc(-c4cnc([C@H]5CCCN5C(=O)[C@H](NC(=O)OC)C(C)C)[nH]4)s3)s2)[nH]1)C(C)C. The molecule has 0 bridgehead atoms. The van der Waals surface area contributed by atoms with Gasteiger partial charge in [-0.25, -0.2) is 29.5 Å². The van der Waals surface area contributed by atoms with Gasteiger partial charge in [-0.2, -0.15) is 0 Å². The van der Waals surface area contributed by atoms with Gasteiger partial charge in [0.05, 0.1) is 59.8 Å². The summed E-state index contributed by atoms with van der Waals surface area (Å²) in [5.74, 6) is 0.811. The number of amides is 4. The number of rotatable bonds is 11. The third-order valence-corrected chi connectivity index (χ3v) is 11.6. The molecular weight excluding hydrogens is 709 g/mol. The number of carbonyl (C=O) groups excluding carboxylic acids is 4. The minimum Gasteiger partial charge on any atom is -0.453 e. The molecule has 278 valence electrons. The summed E-state index contributed by atoms with van der Waals surface area (Å²) in [6.45, 7) is 8.70. The summed E-state index contributed by atoms with van der Waals surface area (Å²) in [5, 5.41) is 6.86. The maximum absolute atomic E-state index is 13.5. The Morgan fingerprint density at radius 2 is 1.10 bits per heavy atom. The molecule has 0 aromatic carbocycles. The largest absolute Gasteiger partial charge is 0.453 e. The van der Waals surface area contributed by atoms with E-state index in [2.05, 4.69) is 40.5 Å². The van der Waals surface area contributed by atoms with Gasteiger partial charge in [0.25, 0.3) is 0 Å². The highest BCUT2D eigenvalue weighted by Crippen LogP contribution is 2.39. The zero-order chi connectivity index (χ0) is 37.1. The lowest BCUT2D eigenvalue weighted by atomic mass is 10.0. The zero-order valence-corrected chi connectivity index (χ0v) is 31.6. The summed E-state index contributed by atoms with van der Waals surface area (Å²) >= 11 is 2.97. The number of carbonyl (C=O) groups is 4. The van der Waals surface area contributed by atoms with E-state index in [-0.39, 0.29) is 35.7 Å². The fourth-order valence-electron chi connectivity index (χ4n) is 6.64. The molecule has 0 radical (unpaired) electrons. The molecule has 2 fully saturated rings. The molecule has 4 aromatic heterocycles. The number of nitrogens with zero attached hydrogens (tertiary/aromatic N) is 6. The van der Waals surface area contributed by atoms with Crippen LogP contribution in [-0.4, -0.2) is 103 Å². The minimum atomic E-state index is -0.705. The molecule has 4 aromatic rings. The zero-order valence-electron chi connectivity index (χ0n) is 30.0. The molecule has 2 aliphatic rings. The second-order valence-corrected chi connectivity index (χ2v) is 15.6. The average molecular weight is 753 g/mol. The van der Waals surface area contributed by atoms with Gasteiger partial charge < -0.3 is 39.9 Å². The normalized spacial score (nSPS) is 18.5. The average Bonchev–Trinajstić information content (AvgIpc) is 3.98. The Labute approximate surface area is 309 Å². The monoisotopic (exact) mass is 752 g/mol. The van der Waals surface area contributed by atoms with E-state index in [0.29, 0.717) is 24.7 Å². The number of nitrogens with one attached hydrogen (secondary N) is 4. The Balaban J connectivity index is 1.13. The van der Waals surface area contributed by atoms with Crippen LogP contribution in [0.2, 0.25) is 0 Å². The van der Waals surface area contributed by atoms with Gasteiger partial charge in [-0.1, -0.05) is 27.7 Å². The Hall–Kier alpha value is -4.84. The molecule has 16 nitrogen and oxygen atoms in total. The number of aromatic nitrogens is 6. The third kappa shape index (κ3) is 7.67. The highest BCUT2D eigenvalue weighted by atomic mass is 32.1. The minimum absolute atomic E-state index is 0.119. The second kappa shape index (κ2) is 15.8. The molecule has 0 spiro atoms. The Morgan fingerprint density at radius 3 is 1.46 bits per heavy atom. The van der Waals surface area contributed by atoms with Crippen LogP contribution in [0.1, 0.15) is 77.1 Å². The maximum Gasteiger partial charge on any atom is 0.407 e. The molecule has 0 aliphatic carbocycles. The van der Waals surface area contributed by atoms with Gasteiger partial charge in [-0.15, -0.1) is 22.7 Å². The van der Waals surface area contributed by atoms with Gasteiger partial charge in [0, 0.05) is 25.5 Å². The fourth-order valence-corrected chi connectivity index (χ4v) is 8.44. The number of aromatic amines is 2. The van der Waals surface area contributed by atoms with Crippen LogP contribution in [0.5, 0.6) is 0 Å². The van der Waals surface area contributed by atoms with Gasteiger partial charge in [0.15, 0.2) is 10.0 Å². The number of hydrogen-bond donors (Lipinski definition) is 4. The number of thiazole rings is 2. The summed E-state index contributed by atoms with van der Waals surface area (Å²) in [6, 6.07) is -1.89. The van der Waals surface area contributed by atoms with Gasteiger partial charge in [0.1, 0.15) is 23.7 Å². The predicted octanol–water partition coefficient (Wildman–Crippen LogP) is 5.14. The van der Waals surface area contributed by atoms with Crippen molar-refractivity contribution in [2.75, 3.05) is 27.3 Å². The molecule has 4 amide bonds. The highest BCUT2D eigenvalue weighted by Gasteiger charge is 2.39. The molecule has 2 aliphatic heterocycles. The summed E-state index contributed by atoms with van der Waals surface area (Å²) in [5.41, 5.74) is 1.58. The fraction of sp³-hybridized carbons (Fsp3) is 0.529. The molecule has 0 unspecified atom stereocenters. The Morgan fingerprint density at radius 1 is 0.692 bits per heavy atom. The molecule has 52 heavy (non-hydrogen) atoms. The number of H-pyrrole nitrogens is 2.